The van der Waals surface area contributed by atoms with Crippen molar-refractivity contribution >= 4 is 12.0 Å². The monoisotopic (exact) mass is 305 g/mol. The lowest BCUT2D eigenvalue weighted by atomic mass is 10.2. The summed E-state index contributed by atoms with van der Waals surface area (Å²) in [5.41, 5.74) is 1.03. The summed E-state index contributed by atoms with van der Waals surface area (Å²) >= 11 is 0. The highest BCUT2D eigenvalue weighted by Gasteiger charge is 2.20. The lowest BCUT2D eigenvalue weighted by Gasteiger charge is -2.30. The van der Waals surface area contributed by atoms with Crippen LogP contribution in [0.5, 0.6) is 11.5 Å². The molecule has 0 fully saturated rings. The zero-order chi connectivity index (χ0) is 16.7. The molecule has 1 aromatic carbocycles. The van der Waals surface area contributed by atoms with Crippen LogP contribution < -0.4 is 9.47 Å². The number of nitrogens with zero attached hydrogens (tertiary/aromatic N) is 1. The van der Waals surface area contributed by atoms with Gasteiger partial charge < -0.3 is 14.4 Å². The fourth-order valence-corrected chi connectivity index (χ4v) is 2.49. The van der Waals surface area contributed by atoms with Crippen LogP contribution in [0, 0.1) is 0 Å². The molecule has 4 nitrogen and oxygen atoms in total. The Morgan fingerprint density at radius 1 is 1.18 bits per heavy atom. The van der Waals surface area contributed by atoms with Gasteiger partial charge in [-0.25, -0.2) is 0 Å². The van der Waals surface area contributed by atoms with Crippen LogP contribution in [0.1, 0.15) is 40.2 Å². The molecular weight excluding hydrogens is 278 g/mol. The van der Waals surface area contributed by atoms with E-state index in [1.807, 2.05) is 69.9 Å². The summed E-state index contributed by atoms with van der Waals surface area (Å²) in [5.74, 6) is 1.19. The first-order valence-corrected chi connectivity index (χ1v) is 7.65. The van der Waals surface area contributed by atoms with Gasteiger partial charge in [-0.3, -0.25) is 4.79 Å². The van der Waals surface area contributed by atoms with E-state index in [-0.39, 0.29) is 24.6 Å². The molecule has 0 aromatic heterocycles. The third-order valence-corrected chi connectivity index (χ3v) is 3.30. The van der Waals surface area contributed by atoms with E-state index in [2.05, 4.69) is 0 Å². The lowest BCUT2D eigenvalue weighted by Crippen LogP contribution is -2.44. The highest BCUT2D eigenvalue weighted by atomic mass is 16.5. The molecule has 0 N–H and O–H groups in total. The Morgan fingerprint density at radius 2 is 1.82 bits per heavy atom. The van der Waals surface area contributed by atoms with Crippen molar-refractivity contribution in [2.24, 2.45) is 0 Å². The fourth-order valence-electron chi connectivity index (χ4n) is 2.49. The maximum absolute atomic E-state index is 12.3. The largest absolute Gasteiger partial charge is 0.493 e. The molecule has 0 atom stereocenters. The molecule has 1 rings (SSSR count). The van der Waals surface area contributed by atoms with Crippen LogP contribution in [0.3, 0.4) is 0 Å². The van der Waals surface area contributed by atoms with Crippen LogP contribution in [0.2, 0.25) is 0 Å². The first-order chi connectivity index (χ1) is 10.4. The van der Waals surface area contributed by atoms with Gasteiger partial charge in [0.2, 0.25) is 0 Å². The Hall–Kier alpha value is -1.97. The zero-order valence-electron chi connectivity index (χ0n) is 14.4. The van der Waals surface area contributed by atoms with Crippen molar-refractivity contribution in [2.75, 3.05) is 13.7 Å². The number of carbonyl (C=O) groups is 1. The smallest absolute Gasteiger partial charge is 0.260 e. The number of amides is 1. The van der Waals surface area contributed by atoms with Gasteiger partial charge in [0.1, 0.15) is 0 Å². The second-order valence-electron chi connectivity index (χ2n) is 5.69. The summed E-state index contributed by atoms with van der Waals surface area (Å²) < 4.78 is 11.0. The molecular formula is C18H27NO3. The van der Waals surface area contributed by atoms with Gasteiger partial charge in [-0.05, 0) is 52.3 Å². The summed E-state index contributed by atoms with van der Waals surface area (Å²) in [6.45, 7) is 9.99. The van der Waals surface area contributed by atoms with E-state index in [4.69, 9.17) is 9.47 Å². The van der Waals surface area contributed by atoms with E-state index in [1.54, 1.807) is 7.11 Å². The van der Waals surface area contributed by atoms with Crippen LogP contribution in [-0.2, 0) is 4.79 Å². The van der Waals surface area contributed by atoms with E-state index in [9.17, 15) is 4.79 Å². The summed E-state index contributed by atoms with van der Waals surface area (Å²) in [4.78, 5) is 14.1. The number of carbonyl (C=O) groups excluding carboxylic acids is 1. The minimum Gasteiger partial charge on any atom is -0.493 e. The van der Waals surface area contributed by atoms with Gasteiger partial charge in [0.25, 0.3) is 5.91 Å². The second-order valence-corrected chi connectivity index (χ2v) is 5.69. The molecule has 0 aliphatic carbocycles. The molecule has 22 heavy (non-hydrogen) atoms. The molecule has 0 aliphatic heterocycles. The standard InChI is InChI=1S/C18H27NO3/c1-7-8-15-9-10-16(17(11-15)21-6)22-12-18(20)19(13(2)3)14(4)5/h7-11,13-14H,12H2,1-6H3. The van der Waals surface area contributed by atoms with Gasteiger partial charge >= 0.3 is 0 Å². The number of allylic oxidation sites excluding steroid dienone is 1. The SMILES string of the molecule is CC=Cc1ccc(OCC(=O)N(C(C)C)C(C)C)c(OC)c1. The predicted octanol–water partition coefficient (Wildman–Crippen LogP) is 3.75. The third-order valence-electron chi connectivity index (χ3n) is 3.30. The molecule has 0 saturated carbocycles. The second kappa shape index (κ2) is 8.47. The van der Waals surface area contributed by atoms with Gasteiger partial charge in [-0.2, -0.15) is 0 Å². The van der Waals surface area contributed by atoms with Gasteiger partial charge in [0.05, 0.1) is 7.11 Å². The molecule has 0 aliphatic rings. The average molecular weight is 305 g/mol. The van der Waals surface area contributed by atoms with E-state index in [0.29, 0.717) is 11.5 Å². The minimum atomic E-state index is -0.0235. The van der Waals surface area contributed by atoms with Crippen molar-refractivity contribution in [1.82, 2.24) is 4.90 Å². The number of rotatable bonds is 7. The zero-order valence-corrected chi connectivity index (χ0v) is 14.4. The summed E-state index contributed by atoms with van der Waals surface area (Å²) in [6, 6.07) is 5.95. The van der Waals surface area contributed by atoms with Gasteiger partial charge in [0, 0.05) is 12.1 Å². The maximum Gasteiger partial charge on any atom is 0.260 e. The Labute approximate surface area is 133 Å². The number of ether oxygens (including phenoxy) is 2. The van der Waals surface area contributed by atoms with Crippen molar-refractivity contribution in [3.63, 3.8) is 0 Å². The van der Waals surface area contributed by atoms with Crippen molar-refractivity contribution in [2.45, 2.75) is 46.7 Å². The number of hydrogen-bond acceptors (Lipinski definition) is 3. The molecule has 0 radical (unpaired) electrons. The molecule has 0 saturated heterocycles. The maximum atomic E-state index is 12.3. The van der Waals surface area contributed by atoms with Crippen LogP contribution in [0.4, 0.5) is 0 Å². The van der Waals surface area contributed by atoms with Gasteiger partial charge in [0.15, 0.2) is 18.1 Å². The first-order valence-electron chi connectivity index (χ1n) is 7.65. The van der Waals surface area contributed by atoms with Crippen molar-refractivity contribution < 1.29 is 14.3 Å². The van der Waals surface area contributed by atoms with E-state index in [1.165, 1.54) is 0 Å². The quantitative estimate of drug-likeness (QED) is 0.770. The highest BCUT2D eigenvalue weighted by molar-refractivity contribution is 5.78. The molecule has 0 unspecified atom stereocenters. The Balaban J connectivity index is 2.81. The van der Waals surface area contributed by atoms with Crippen LogP contribution >= 0.6 is 0 Å². The summed E-state index contributed by atoms with van der Waals surface area (Å²) in [6.07, 6.45) is 3.94. The summed E-state index contributed by atoms with van der Waals surface area (Å²) in [7, 11) is 1.60. The van der Waals surface area contributed by atoms with Crippen molar-refractivity contribution in [1.29, 1.82) is 0 Å². The normalized spacial score (nSPS) is 11.3. The Morgan fingerprint density at radius 3 is 2.32 bits per heavy atom. The van der Waals surface area contributed by atoms with Gasteiger partial charge in [-0.15, -0.1) is 0 Å². The first kappa shape index (κ1) is 18.1. The topological polar surface area (TPSA) is 38.8 Å². The van der Waals surface area contributed by atoms with Gasteiger partial charge in [-0.1, -0.05) is 18.2 Å². The fraction of sp³-hybridized carbons (Fsp3) is 0.500. The third kappa shape index (κ3) is 4.79. The Kier molecular flexibility index (Phi) is 6.96. The lowest BCUT2D eigenvalue weighted by molar-refractivity contribution is -0.137. The molecule has 1 amide bonds. The van der Waals surface area contributed by atoms with E-state index < -0.39 is 0 Å². The number of methoxy groups -OCH3 is 1. The molecule has 0 bridgehead atoms. The average Bonchev–Trinajstić information content (AvgIpc) is 2.45. The minimum absolute atomic E-state index is 0.00961. The summed E-state index contributed by atoms with van der Waals surface area (Å²) in [5, 5.41) is 0. The molecule has 1 aromatic rings. The Bertz CT molecular complexity index is 513. The number of hydrogen-bond donors (Lipinski definition) is 0. The molecule has 4 heteroatoms. The molecule has 122 valence electrons. The number of benzene rings is 1. The van der Waals surface area contributed by atoms with E-state index >= 15 is 0 Å². The van der Waals surface area contributed by atoms with Crippen LogP contribution in [0.15, 0.2) is 24.3 Å². The van der Waals surface area contributed by atoms with E-state index in [0.717, 1.165) is 5.56 Å². The highest BCUT2D eigenvalue weighted by Crippen LogP contribution is 2.28. The van der Waals surface area contributed by atoms with Crippen LogP contribution in [-0.4, -0.2) is 36.6 Å². The molecule has 0 heterocycles. The predicted molar refractivity (Wildman–Crippen MR) is 90.3 cm³/mol. The van der Waals surface area contributed by atoms with Crippen molar-refractivity contribution in [3.05, 3.63) is 29.8 Å². The molecule has 0 spiro atoms. The van der Waals surface area contributed by atoms with Crippen LogP contribution in [0.25, 0.3) is 6.08 Å². The van der Waals surface area contributed by atoms with Crippen molar-refractivity contribution in [3.8, 4) is 11.5 Å².